The first-order valence-corrected chi connectivity index (χ1v) is 22.7. The van der Waals surface area contributed by atoms with Gasteiger partial charge in [0.25, 0.3) is 18.4 Å². The third-order valence-electron chi connectivity index (χ3n) is 8.18. The Bertz CT molecular complexity index is 1180. The van der Waals surface area contributed by atoms with Crippen LogP contribution < -0.4 is 14.5 Å². The Morgan fingerprint density at radius 2 is 1.49 bits per heavy atom. The number of methoxy groups -OCH3 is 1. The smallest absolute Gasteiger partial charge is 0.407 e. The Hall–Kier alpha value is -1.61. The quantitative estimate of drug-likeness (QED) is 0.122. The third kappa shape index (κ3) is 12.7. The van der Waals surface area contributed by atoms with Gasteiger partial charge in [0.2, 0.25) is 0 Å². The van der Waals surface area contributed by atoms with E-state index in [9.17, 15) is 13.2 Å². The molecule has 9 nitrogen and oxygen atoms in total. The zero-order chi connectivity index (χ0) is 33.7. The molecule has 0 aliphatic carbocycles. The van der Waals surface area contributed by atoms with Gasteiger partial charge < -0.3 is 23.6 Å². The average molecular weight is 662 g/mol. The van der Waals surface area contributed by atoms with Crippen LogP contribution in [0.2, 0.25) is 36.3 Å². The summed E-state index contributed by atoms with van der Waals surface area (Å²) < 4.78 is 53.7. The number of carbonyl (C=O) groups excluding carboxylic acids is 1. The van der Waals surface area contributed by atoms with Gasteiger partial charge in [0.1, 0.15) is 11.4 Å². The van der Waals surface area contributed by atoms with Gasteiger partial charge in [-0.2, -0.15) is 8.42 Å². The van der Waals surface area contributed by atoms with Crippen LogP contribution in [0.25, 0.3) is 0 Å². The van der Waals surface area contributed by atoms with Crippen LogP contribution in [0, 0.1) is 0 Å². The van der Waals surface area contributed by atoms with Gasteiger partial charge in [0.05, 0.1) is 26.1 Å². The summed E-state index contributed by atoms with van der Waals surface area (Å²) in [4.78, 5) is 12.5. The van der Waals surface area contributed by atoms with E-state index in [0.717, 1.165) is 17.4 Å². The van der Waals surface area contributed by atoms with Crippen LogP contribution in [0.1, 0.15) is 92.4 Å². The van der Waals surface area contributed by atoms with Crippen LogP contribution in [0.3, 0.4) is 0 Å². The van der Waals surface area contributed by atoms with Gasteiger partial charge in [-0.25, -0.2) is 4.79 Å². The van der Waals surface area contributed by atoms with Gasteiger partial charge in [-0.05, 0) is 87.9 Å². The number of nitrogens with one attached hydrogen (secondary N) is 1. The van der Waals surface area contributed by atoms with Crippen molar-refractivity contribution >= 4 is 32.8 Å². The molecule has 0 aliphatic rings. The van der Waals surface area contributed by atoms with Gasteiger partial charge in [0, 0.05) is 12.1 Å². The molecule has 0 fully saturated rings. The Labute approximate surface area is 264 Å². The van der Waals surface area contributed by atoms with E-state index < -0.39 is 38.4 Å². The maximum Gasteiger partial charge on any atom is 0.407 e. The maximum atomic E-state index is 12.5. The zero-order valence-electron chi connectivity index (χ0n) is 29.4. The highest BCUT2D eigenvalue weighted by molar-refractivity contribution is 7.85. The minimum Gasteiger partial charge on any atom is -0.541 e. The fourth-order valence-corrected chi connectivity index (χ4v) is 6.52. The SMILES string of the molecule is COc1ccc(C(CCNC(=O)OC(C)(C)C)O[Si](C)(C)C(C)(C)C)c(CCCOS(C)(=O)=O)c1O[Si](C)(C)C(C)(C)C. The molecule has 1 amide bonds. The van der Waals surface area contributed by atoms with Crippen molar-refractivity contribution in [3.8, 4) is 11.5 Å². The summed E-state index contributed by atoms with van der Waals surface area (Å²) in [7, 11) is -6.54. The van der Waals surface area contributed by atoms with Crippen molar-refractivity contribution in [3.05, 3.63) is 23.3 Å². The second-order valence-corrected chi connectivity index (χ2v) is 26.4. The molecule has 1 atom stereocenters. The summed E-state index contributed by atoms with van der Waals surface area (Å²) in [5, 5.41) is 2.76. The van der Waals surface area contributed by atoms with Crippen molar-refractivity contribution in [2.45, 2.75) is 130 Å². The highest BCUT2D eigenvalue weighted by atomic mass is 32.2. The molecule has 0 aromatic heterocycles. The predicted octanol–water partition coefficient (Wildman–Crippen LogP) is 7.97. The predicted molar refractivity (Wildman–Crippen MR) is 180 cm³/mol. The Morgan fingerprint density at radius 1 is 0.930 bits per heavy atom. The summed E-state index contributed by atoms with van der Waals surface area (Å²) in [5.41, 5.74) is 1.24. The molecular formula is C31H59NO8SSi2. The highest BCUT2D eigenvalue weighted by Gasteiger charge is 2.42. The summed E-state index contributed by atoms with van der Waals surface area (Å²) in [6, 6.07) is 3.92. The van der Waals surface area contributed by atoms with E-state index in [1.165, 1.54) is 0 Å². The Kier molecular flexibility index (Phi) is 13.4. The van der Waals surface area contributed by atoms with Crippen molar-refractivity contribution in [1.29, 1.82) is 0 Å². The maximum absolute atomic E-state index is 12.5. The minimum absolute atomic E-state index is 0.0446. The molecule has 0 radical (unpaired) electrons. The Balaban J connectivity index is 3.72. The molecule has 43 heavy (non-hydrogen) atoms. The largest absolute Gasteiger partial charge is 0.541 e. The summed E-state index contributed by atoms with van der Waals surface area (Å²) in [5.74, 6) is 1.28. The first-order valence-electron chi connectivity index (χ1n) is 15.1. The number of ether oxygens (including phenoxy) is 2. The molecule has 1 unspecified atom stereocenters. The van der Waals surface area contributed by atoms with Crippen molar-refractivity contribution in [2.75, 3.05) is 26.5 Å². The summed E-state index contributed by atoms with van der Waals surface area (Å²) in [6.45, 7) is 27.8. The number of benzene rings is 1. The second-order valence-electron chi connectivity index (χ2n) is 15.2. The normalized spacial score (nSPS) is 14.3. The Morgan fingerprint density at radius 3 is 1.95 bits per heavy atom. The van der Waals surface area contributed by atoms with E-state index in [0.29, 0.717) is 37.3 Å². The van der Waals surface area contributed by atoms with Crippen molar-refractivity contribution < 1.29 is 35.7 Å². The lowest BCUT2D eigenvalue weighted by Gasteiger charge is -2.41. The van der Waals surface area contributed by atoms with E-state index >= 15 is 0 Å². The van der Waals surface area contributed by atoms with Crippen LogP contribution in [0.4, 0.5) is 4.79 Å². The molecule has 12 heteroatoms. The van der Waals surface area contributed by atoms with Crippen molar-refractivity contribution in [1.82, 2.24) is 5.32 Å². The number of hydrogen-bond acceptors (Lipinski definition) is 8. The first kappa shape index (κ1) is 39.4. The molecule has 0 spiro atoms. The van der Waals surface area contributed by atoms with E-state index in [4.69, 9.17) is 22.5 Å². The third-order valence-corrected chi connectivity index (χ3v) is 17.6. The highest BCUT2D eigenvalue weighted by Crippen LogP contribution is 2.46. The molecule has 0 heterocycles. The van der Waals surface area contributed by atoms with Crippen LogP contribution in [0.5, 0.6) is 11.5 Å². The van der Waals surface area contributed by atoms with Crippen LogP contribution in [-0.2, 0) is 29.9 Å². The van der Waals surface area contributed by atoms with E-state index in [1.807, 2.05) is 32.9 Å². The molecule has 250 valence electrons. The van der Waals surface area contributed by atoms with Gasteiger partial charge in [-0.15, -0.1) is 0 Å². The second kappa shape index (κ2) is 14.7. The molecule has 0 saturated heterocycles. The fraction of sp³-hybridized carbons (Fsp3) is 0.774. The van der Waals surface area contributed by atoms with E-state index in [-0.39, 0.29) is 22.8 Å². The molecule has 0 bridgehead atoms. The van der Waals surface area contributed by atoms with Gasteiger partial charge >= 0.3 is 6.09 Å². The minimum atomic E-state index is -3.57. The topological polar surface area (TPSA) is 109 Å². The monoisotopic (exact) mass is 661 g/mol. The van der Waals surface area contributed by atoms with E-state index in [2.05, 4.69) is 73.0 Å². The van der Waals surface area contributed by atoms with Gasteiger partial charge in [0.15, 0.2) is 14.1 Å². The lowest BCUT2D eigenvalue weighted by Crippen LogP contribution is -2.44. The first-order chi connectivity index (χ1) is 19.2. The zero-order valence-corrected chi connectivity index (χ0v) is 32.3. The lowest BCUT2D eigenvalue weighted by molar-refractivity contribution is 0.0519. The number of rotatable bonds is 14. The standard InChI is InChI=1S/C31H59NO8SSi2/c1-29(2,3)38-28(33)32-21-20-25(39-42(12,13)30(4,5)6)23-18-19-26(36-10)27(40-43(14,15)31(7,8)9)24(23)17-16-22-37-41(11,34)35/h18-19,25H,16-17,20-22H2,1-15H3,(H,32,33). The molecule has 1 N–H and O–H groups in total. The summed E-state index contributed by atoms with van der Waals surface area (Å²) >= 11 is 0. The van der Waals surface area contributed by atoms with Crippen LogP contribution in [-0.4, -0.2) is 63.3 Å². The average Bonchev–Trinajstić information content (AvgIpc) is 2.78. The molecule has 1 aromatic rings. The van der Waals surface area contributed by atoms with Gasteiger partial charge in [-0.3, -0.25) is 4.18 Å². The summed E-state index contributed by atoms with van der Waals surface area (Å²) in [6.07, 6.45) is 1.65. The van der Waals surface area contributed by atoms with Crippen LogP contribution >= 0.6 is 0 Å². The van der Waals surface area contributed by atoms with Crippen molar-refractivity contribution in [3.63, 3.8) is 0 Å². The number of carbonyl (C=O) groups is 1. The molecule has 0 aliphatic heterocycles. The number of alkyl carbamates (subject to hydrolysis) is 1. The molecule has 1 aromatic carbocycles. The van der Waals surface area contributed by atoms with Crippen LogP contribution in [0.15, 0.2) is 12.1 Å². The molecular weight excluding hydrogens is 603 g/mol. The number of hydrogen-bond donors (Lipinski definition) is 1. The van der Waals surface area contributed by atoms with Gasteiger partial charge in [-0.1, -0.05) is 47.6 Å². The molecule has 0 saturated carbocycles. The number of amides is 1. The molecule has 1 rings (SSSR count). The van der Waals surface area contributed by atoms with Crippen molar-refractivity contribution in [2.24, 2.45) is 0 Å². The van der Waals surface area contributed by atoms with E-state index in [1.54, 1.807) is 7.11 Å². The fourth-order valence-electron chi connectivity index (χ4n) is 3.75. The lowest BCUT2D eigenvalue weighted by atomic mass is 9.95.